The number of nitrogens with zero attached hydrogens (tertiary/aromatic N) is 2. The average molecular weight is 787 g/mol. The Morgan fingerprint density at radius 3 is 2.23 bits per heavy atom. The number of carbonyl (C=O) groups excluding carboxylic acids is 5. The second-order valence-electron chi connectivity index (χ2n) is 15.6. The Kier molecular flexibility index (Phi) is 18.1. The van der Waals surface area contributed by atoms with Crippen molar-refractivity contribution in [3.8, 4) is 28.7 Å². The van der Waals surface area contributed by atoms with E-state index in [1.807, 2.05) is 12.1 Å². The second-order valence-corrected chi connectivity index (χ2v) is 15.6. The first-order chi connectivity index (χ1) is 27.5. The Morgan fingerprint density at radius 2 is 1.58 bits per heavy atom. The molecule has 2 aromatic carbocycles. The number of nitriles is 1. The lowest BCUT2D eigenvalue weighted by Crippen LogP contribution is -2.46. The van der Waals surface area contributed by atoms with Crippen LogP contribution in [0, 0.1) is 29.1 Å². The van der Waals surface area contributed by atoms with Gasteiger partial charge in [-0.2, -0.15) is 5.26 Å². The summed E-state index contributed by atoms with van der Waals surface area (Å²) in [6.45, 7) is 2.67. The van der Waals surface area contributed by atoms with E-state index < -0.39 is 35.6 Å². The molecule has 4 bridgehead atoms. The van der Waals surface area contributed by atoms with Crippen molar-refractivity contribution in [2.45, 2.75) is 109 Å². The molecule has 13 nitrogen and oxygen atoms in total. The number of amides is 2. The highest BCUT2D eigenvalue weighted by Crippen LogP contribution is 2.41. The SMILES string of the molecule is C[C@@H]1CC(=O)[C@@H](N(C)C(=O)[C@H](CCN)CC(=O)CCCC2CCCCC2)c2ccc(OCCN)c(c2)-c2cc(ccc2OCCN)C[C@@H](C(=O)CCC#N)NC1=O. The summed E-state index contributed by atoms with van der Waals surface area (Å²) in [6, 6.07) is 10.5. The van der Waals surface area contributed by atoms with E-state index in [9.17, 15) is 29.2 Å². The number of hydrogen-bond donors (Lipinski definition) is 4. The van der Waals surface area contributed by atoms with Crippen LogP contribution in [0.2, 0.25) is 0 Å². The van der Waals surface area contributed by atoms with E-state index in [0.717, 1.165) is 12.8 Å². The Bertz CT molecular complexity index is 1740. The first-order valence-corrected chi connectivity index (χ1v) is 20.6. The van der Waals surface area contributed by atoms with Gasteiger partial charge in [-0.15, -0.1) is 0 Å². The van der Waals surface area contributed by atoms with Gasteiger partial charge in [0.2, 0.25) is 11.8 Å². The number of hydrogen-bond acceptors (Lipinski definition) is 11. The Morgan fingerprint density at radius 1 is 0.912 bits per heavy atom. The van der Waals surface area contributed by atoms with E-state index in [1.54, 1.807) is 44.3 Å². The summed E-state index contributed by atoms with van der Waals surface area (Å²) >= 11 is 0. The highest BCUT2D eigenvalue weighted by atomic mass is 16.5. The van der Waals surface area contributed by atoms with Gasteiger partial charge in [-0.1, -0.05) is 57.6 Å². The molecule has 2 amide bonds. The van der Waals surface area contributed by atoms with Gasteiger partial charge in [0.1, 0.15) is 36.5 Å². The van der Waals surface area contributed by atoms with Crippen molar-refractivity contribution in [2.24, 2.45) is 35.0 Å². The van der Waals surface area contributed by atoms with Gasteiger partial charge in [0.05, 0.1) is 12.1 Å². The number of Topliss-reactive ketones (excluding diaryl/α,β-unsaturated/α-hetero) is 3. The highest BCUT2D eigenvalue weighted by molar-refractivity contribution is 5.96. The maximum atomic E-state index is 14.5. The fourth-order valence-electron chi connectivity index (χ4n) is 8.08. The summed E-state index contributed by atoms with van der Waals surface area (Å²) in [7, 11) is 1.55. The summed E-state index contributed by atoms with van der Waals surface area (Å²) in [5.41, 5.74) is 20.0. The van der Waals surface area contributed by atoms with Crippen LogP contribution in [0.4, 0.5) is 0 Å². The van der Waals surface area contributed by atoms with Crippen molar-refractivity contribution in [3.05, 3.63) is 47.5 Å². The van der Waals surface area contributed by atoms with Gasteiger partial charge in [0.25, 0.3) is 0 Å². The zero-order valence-corrected chi connectivity index (χ0v) is 33.8. The minimum absolute atomic E-state index is 0.00101. The molecule has 0 aromatic heterocycles. The molecule has 0 spiro atoms. The number of carbonyl (C=O) groups is 5. The number of fused-ring (bicyclic) bond motifs is 5. The molecule has 1 heterocycles. The second kappa shape index (κ2) is 22.9. The predicted molar refractivity (Wildman–Crippen MR) is 218 cm³/mol. The Balaban J connectivity index is 1.77. The number of ketones is 3. The molecule has 2 aliphatic rings. The van der Waals surface area contributed by atoms with Crippen molar-refractivity contribution in [1.29, 1.82) is 5.26 Å². The molecular weight excluding hydrogens is 725 g/mol. The van der Waals surface area contributed by atoms with Crippen LogP contribution in [0.5, 0.6) is 11.5 Å². The Labute approximate surface area is 337 Å². The molecule has 310 valence electrons. The maximum absolute atomic E-state index is 14.5. The molecule has 1 fully saturated rings. The van der Waals surface area contributed by atoms with E-state index in [-0.39, 0.29) is 88.8 Å². The first-order valence-electron chi connectivity index (χ1n) is 20.6. The van der Waals surface area contributed by atoms with Crippen molar-refractivity contribution in [1.82, 2.24) is 10.2 Å². The third kappa shape index (κ3) is 12.9. The first kappa shape index (κ1) is 45.1. The molecule has 4 rings (SSSR count). The van der Waals surface area contributed by atoms with Gasteiger partial charge in [-0.05, 0) is 67.1 Å². The fourth-order valence-corrected chi connectivity index (χ4v) is 8.08. The van der Waals surface area contributed by atoms with Crippen molar-refractivity contribution in [2.75, 3.05) is 39.9 Å². The van der Waals surface area contributed by atoms with Crippen LogP contribution < -0.4 is 32.0 Å². The molecular formula is C44H62N6O7. The quantitative estimate of drug-likeness (QED) is 0.153. The van der Waals surface area contributed by atoms with E-state index in [1.165, 1.54) is 37.0 Å². The molecule has 57 heavy (non-hydrogen) atoms. The molecule has 2 aromatic rings. The molecule has 1 saturated carbocycles. The van der Waals surface area contributed by atoms with Crippen molar-refractivity contribution >= 4 is 29.2 Å². The number of nitrogens with two attached hydrogens (primary N) is 3. The topological polar surface area (TPSA) is 221 Å². The fraction of sp³-hybridized carbons (Fsp3) is 0.591. The van der Waals surface area contributed by atoms with Crippen LogP contribution >= 0.6 is 0 Å². The lowest BCUT2D eigenvalue weighted by molar-refractivity contribution is -0.143. The average Bonchev–Trinajstić information content (AvgIpc) is 3.21. The maximum Gasteiger partial charge on any atom is 0.226 e. The number of nitrogens with one attached hydrogen (secondary N) is 1. The summed E-state index contributed by atoms with van der Waals surface area (Å²) < 4.78 is 12.2. The standard InChI is InChI=1S/C44H62N6O7/c1-29-24-39(53)42(50(2)44(55)33(17-19-46)27-34(51)11-6-10-30-8-4-3-5-9-30)32-14-16-41(57-23-21-48)36(28-32)35-25-31(13-15-40(35)56-22-20-47)26-37(49-43(29)54)38(52)12-7-18-45/h13-16,25,28-30,33,37,42H,3-12,17,19-24,26-27,46-48H2,1-2H3,(H,49,54)/t29-,33-,37+,42+/m1/s1. The van der Waals surface area contributed by atoms with Crippen LogP contribution in [-0.2, 0) is 30.4 Å². The van der Waals surface area contributed by atoms with E-state index in [4.69, 9.17) is 26.7 Å². The zero-order valence-electron chi connectivity index (χ0n) is 33.8. The zero-order chi connectivity index (χ0) is 41.3. The monoisotopic (exact) mass is 786 g/mol. The molecule has 0 unspecified atom stereocenters. The molecule has 7 N–H and O–H groups in total. The molecule has 4 atom stereocenters. The van der Waals surface area contributed by atoms with Crippen LogP contribution in [-0.4, -0.2) is 80.0 Å². The molecule has 13 heteroatoms. The molecule has 0 radical (unpaired) electrons. The van der Waals surface area contributed by atoms with Crippen LogP contribution in [0.3, 0.4) is 0 Å². The van der Waals surface area contributed by atoms with E-state index >= 15 is 0 Å². The van der Waals surface area contributed by atoms with Gasteiger partial charge in [0.15, 0.2) is 11.6 Å². The van der Waals surface area contributed by atoms with Crippen molar-refractivity contribution in [3.63, 3.8) is 0 Å². The van der Waals surface area contributed by atoms with Gasteiger partial charge in [-0.25, -0.2) is 0 Å². The lowest BCUT2D eigenvalue weighted by Gasteiger charge is -2.32. The van der Waals surface area contributed by atoms with Crippen LogP contribution in [0.1, 0.15) is 108 Å². The minimum Gasteiger partial charge on any atom is -0.492 e. The van der Waals surface area contributed by atoms with Gasteiger partial charge in [-0.3, -0.25) is 24.0 Å². The summed E-state index contributed by atoms with van der Waals surface area (Å²) in [5.74, 6) is -1.63. The number of likely N-dealkylation sites (N-methyl/N-ethyl adjacent to an activating group) is 1. The van der Waals surface area contributed by atoms with Gasteiger partial charge in [0, 0.05) is 75.2 Å². The molecule has 0 saturated heterocycles. The third-order valence-corrected chi connectivity index (χ3v) is 11.2. The predicted octanol–water partition coefficient (Wildman–Crippen LogP) is 4.71. The smallest absolute Gasteiger partial charge is 0.226 e. The summed E-state index contributed by atoms with van der Waals surface area (Å²) in [5, 5.41) is 12.0. The number of rotatable bonds is 19. The number of ether oxygens (including phenoxy) is 2. The Hall–Kier alpha value is -4.64. The lowest BCUT2D eigenvalue weighted by atomic mass is 9.85. The third-order valence-electron chi connectivity index (χ3n) is 11.2. The normalized spacial score (nSPS) is 19.4. The van der Waals surface area contributed by atoms with E-state index in [0.29, 0.717) is 46.1 Å². The largest absolute Gasteiger partial charge is 0.492 e. The summed E-state index contributed by atoms with van der Waals surface area (Å²) in [6.07, 6.45) is 8.47. The minimum atomic E-state index is -1.15. The van der Waals surface area contributed by atoms with Crippen molar-refractivity contribution < 1.29 is 33.4 Å². The molecule has 1 aliphatic carbocycles. The number of benzene rings is 2. The molecule has 1 aliphatic heterocycles. The summed E-state index contributed by atoms with van der Waals surface area (Å²) in [4.78, 5) is 70.7. The van der Waals surface area contributed by atoms with E-state index in [2.05, 4.69) is 5.32 Å². The van der Waals surface area contributed by atoms with Crippen LogP contribution in [0.15, 0.2) is 36.4 Å². The van der Waals surface area contributed by atoms with Crippen LogP contribution in [0.25, 0.3) is 11.1 Å². The van der Waals surface area contributed by atoms with Gasteiger partial charge < -0.3 is 36.9 Å². The highest BCUT2D eigenvalue weighted by Gasteiger charge is 2.36. The van der Waals surface area contributed by atoms with Gasteiger partial charge >= 0.3 is 0 Å².